The molecule has 1 rings (SSSR count). The van der Waals surface area contributed by atoms with Gasteiger partial charge in [0.1, 0.15) is 0 Å². The van der Waals surface area contributed by atoms with Crippen LogP contribution in [0.3, 0.4) is 0 Å². The molecule has 6 heteroatoms. The molecule has 0 radical (unpaired) electrons. The molecule has 1 aromatic rings. The molecular formula is C11H16FNO3S. The van der Waals surface area contributed by atoms with Crippen LogP contribution in [0.2, 0.25) is 0 Å². The van der Waals surface area contributed by atoms with Crippen molar-refractivity contribution in [2.24, 2.45) is 5.73 Å². The van der Waals surface area contributed by atoms with E-state index in [1.165, 1.54) is 32.2 Å². The van der Waals surface area contributed by atoms with Gasteiger partial charge in [-0.15, -0.1) is 0 Å². The molecule has 0 heterocycles. The first-order chi connectivity index (χ1) is 7.90. The third-order valence-electron chi connectivity index (χ3n) is 2.53. The highest BCUT2D eigenvalue weighted by molar-refractivity contribution is 7.91. The van der Waals surface area contributed by atoms with Crippen LogP contribution >= 0.6 is 0 Å². The minimum absolute atomic E-state index is 0.0565. The van der Waals surface area contributed by atoms with Gasteiger partial charge in [0.15, 0.2) is 21.4 Å². The Labute approximate surface area is 101 Å². The normalized spacial score (nSPS) is 13.4. The third kappa shape index (κ3) is 3.41. The molecule has 1 atom stereocenters. The molecule has 2 N–H and O–H groups in total. The van der Waals surface area contributed by atoms with Crippen molar-refractivity contribution >= 4 is 9.84 Å². The molecule has 0 amide bonds. The van der Waals surface area contributed by atoms with Crippen molar-refractivity contribution in [2.75, 3.05) is 13.7 Å². The Morgan fingerprint density at radius 3 is 2.59 bits per heavy atom. The van der Waals surface area contributed by atoms with Crippen molar-refractivity contribution < 1.29 is 17.5 Å². The molecule has 0 fully saturated rings. The van der Waals surface area contributed by atoms with E-state index in [0.717, 1.165) is 0 Å². The quantitative estimate of drug-likeness (QED) is 0.861. The monoisotopic (exact) mass is 261 g/mol. The molecule has 0 bridgehead atoms. The maximum absolute atomic E-state index is 13.4. The molecule has 0 saturated carbocycles. The van der Waals surface area contributed by atoms with Gasteiger partial charge in [-0.2, -0.15) is 0 Å². The summed E-state index contributed by atoms with van der Waals surface area (Å²) in [6.45, 7) is 1.59. The van der Waals surface area contributed by atoms with E-state index in [2.05, 4.69) is 0 Å². The average molecular weight is 261 g/mol. The zero-order valence-corrected chi connectivity index (χ0v) is 10.6. The van der Waals surface area contributed by atoms with Crippen molar-refractivity contribution in [2.45, 2.75) is 17.9 Å². The van der Waals surface area contributed by atoms with Gasteiger partial charge in [0.2, 0.25) is 0 Å². The SMILES string of the molecule is COc1ccc(CS(=O)(=O)C(C)CN)cc1F. The average Bonchev–Trinajstić information content (AvgIpc) is 2.27. The van der Waals surface area contributed by atoms with Gasteiger partial charge in [-0.25, -0.2) is 12.8 Å². The predicted molar refractivity (Wildman–Crippen MR) is 64.1 cm³/mol. The number of rotatable bonds is 5. The molecule has 0 aliphatic carbocycles. The topological polar surface area (TPSA) is 69.4 Å². The van der Waals surface area contributed by atoms with Crippen molar-refractivity contribution in [1.29, 1.82) is 0 Å². The van der Waals surface area contributed by atoms with Gasteiger partial charge in [0.25, 0.3) is 0 Å². The van der Waals surface area contributed by atoms with E-state index in [9.17, 15) is 12.8 Å². The number of nitrogens with two attached hydrogens (primary N) is 1. The van der Waals surface area contributed by atoms with Crippen LogP contribution in [-0.2, 0) is 15.6 Å². The van der Waals surface area contributed by atoms with Crippen LogP contribution in [0.15, 0.2) is 18.2 Å². The number of methoxy groups -OCH3 is 1. The van der Waals surface area contributed by atoms with Gasteiger partial charge < -0.3 is 10.5 Å². The van der Waals surface area contributed by atoms with Crippen LogP contribution in [0, 0.1) is 5.82 Å². The Morgan fingerprint density at radius 2 is 2.12 bits per heavy atom. The maximum Gasteiger partial charge on any atom is 0.165 e. The second-order valence-corrected chi connectivity index (χ2v) is 6.24. The van der Waals surface area contributed by atoms with E-state index in [4.69, 9.17) is 10.5 Å². The summed E-state index contributed by atoms with van der Waals surface area (Å²) in [6, 6.07) is 4.11. The first-order valence-electron chi connectivity index (χ1n) is 5.14. The van der Waals surface area contributed by atoms with E-state index in [1.807, 2.05) is 0 Å². The molecule has 4 nitrogen and oxygen atoms in total. The molecular weight excluding hydrogens is 245 g/mol. The molecule has 0 spiro atoms. The van der Waals surface area contributed by atoms with Gasteiger partial charge in [-0.1, -0.05) is 6.07 Å². The molecule has 1 aromatic carbocycles. The number of ether oxygens (including phenoxy) is 1. The van der Waals surface area contributed by atoms with Crippen LogP contribution in [-0.4, -0.2) is 27.3 Å². The zero-order chi connectivity index (χ0) is 13.1. The Morgan fingerprint density at radius 1 is 1.47 bits per heavy atom. The summed E-state index contributed by atoms with van der Waals surface area (Å²) in [6.07, 6.45) is 0. The Balaban J connectivity index is 2.93. The van der Waals surface area contributed by atoms with Crippen molar-refractivity contribution in [3.63, 3.8) is 0 Å². The highest BCUT2D eigenvalue weighted by atomic mass is 32.2. The number of sulfone groups is 1. The second-order valence-electron chi connectivity index (χ2n) is 3.82. The highest BCUT2D eigenvalue weighted by Gasteiger charge is 2.20. The van der Waals surface area contributed by atoms with E-state index < -0.39 is 20.9 Å². The number of hydrogen-bond acceptors (Lipinski definition) is 4. The molecule has 17 heavy (non-hydrogen) atoms. The van der Waals surface area contributed by atoms with Gasteiger partial charge in [-0.3, -0.25) is 0 Å². The third-order valence-corrected chi connectivity index (χ3v) is 4.68. The Hall–Kier alpha value is -1.14. The highest BCUT2D eigenvalue weighted by Crippen LogP contribution is 2.20. The van der Waals surface area contributed by atoms with E-state index in [1.54, 1.807) is 0 Å². The lowest BCUT2D eigenvalue weighted by molar-refractivity contribution is 0.386. The Kier molecular flexibility index (Phi) is 4.47. The van der Waals surface area contributed by atoms with Crippen LogP contribution in [0.4, 0.5) is 4.39 Å². The molecule has 0 aromatic heterocycles. The van der Waals surface area contributed by atoms with Gasteiger partial charge in [0.05, 0.1) is 18.1 Å². The predicted octanol–water partition coefficient (Wildman–Crippen LogP) is 1.10. The molecule has 0 saturated heterocycles. The lowest BCUT2D eigenvalue weighted by Gasteiger charge is -2.11. The number of hydrogen-bond donors (Lipinski definition) is 1. The molecule has 0 aliphatic rings. The number of benzene rings is 1. The standard InChI is InChI=1S/C11H16FNO3S/c1-8(6-13)17(14,15)7-9-3-4-11(16-2)10(12)5-9/h3-5,8H,6-7,13H2,1-2H3. The largest absolute Gasteiger partial charge is 0.494 e. The van der Waals surface area contributed by atoms with Crippen molar-refractivity contribution in [1.82, 2.24) is 0 Å². The summed E-state index contributed by atoms with van der Waals surface area (Å²) in [5.41, 5.74) is 5.71. The molecule has 0 aliphatic heterocycles. The second kappa shape index (κ2) is 5.46. The summed E-state index contributed by atoms with van der Waals surface area (Å²) in [5, 5.41) is -0.632. The first kappa shape index (κ1) is 13.9. The minimum Gasteiger partial charge on any atom is -0.494 e. The minimum atomic E-state index is -3.33. The summed E-state index contributed by atoms with van der Waals surface area (Å²) in [7, 11) is -1.98. The summed E-state index contributed by atoms with van der Waals surface area (Å²) < 4.78 is 41.6. The smallest absolute Gasteiger partial charge is 0.165 e. The lowest BCUT2D eigenvalue weighted by atomic mass is 10.2. The molecule has 96 valence electrons. The van der Waals surface area contributed by atoms with E-state index >= 15 is 0 Å². The fourth-order valence-electron chi connectivity index (χ4n) is 1.32. The van der Waals surface area contributed by atoms with Crippen molar-refractivity contribution in [3.8, 4) is 5.75 Å². The summed E-state index contributed by atoms with van der Waals surface area (Å²) in [5.74, 6) is -0.689. The zero-order valence-electron chi connectivity index (χ0n) is 9.81. The van der Waals surface area contributed by atoms with Crippen molar-refractivity contribution in [3.05, 3.63) is 29.6 Å². The summed E-state index contributed by atoms with van der Waals surface area (Å²) >= 11 is 0. The Bertz CT molecular complexity index is 487. The van der Waals surface area contributed by atoms with E-state index in [-0.39, 0.29) is 18.0 Å². The van der Waals surface area contributed by atoms with Crippen LogP contribution < -0.4 is 10.5 Å². The van der Waals surface area contributed by atoms with Crippen LogP contribution in [0.1, 0.15) is 12.5 Å². The van der Waals surface area contributed by atoms with Gasteiger partial charge >= 0.3 is 0 Å². The van der Waals surface area contributed by atoms with Gasteiger partial charge in [0, 0.05) is 6.54 Å². The summed E-state index contributed by atoms with van der Waals surface area (Å²) in [4.78, 5) is 0. The maximum atomic E-state index is 13.4. The molecule has 1 unspecified atom stereocenters. The van der Waals surface area contributed by atoms with Crippen LogP contribution in [0.5, 0.6) is 5.75 Å². The van der Waals surface area contributed by atoms with E-state index in [0.29, 0.717) is 5.56 Å². The fourth-order valence-corrected chi connectivity index (χ4v) is 2.54. The first-order valence-corrected chi connectivity index (χ1v) is 6.86. The fraction of sp³-hybridized carbons (Fsp3) is 0.455. The lowest BCUT2D eigenvalue weighted by Crippen LogP contribution is -2.27. The van der Waals surface area contributed by atoms with Crippen LogP contribution in [0.25, 0.3) is 0 Å². The number of halogens is 1. The van der Waals surface area contributed by atoms with Gasteiger partial charge in [-0.05, 0) is 24.6 Å².